The van der Waals surface area contributed by atoms with Gasteiger partial charge in [-0.3, -0.25) is 9.78 Å². The minimum absolute atomic E-state index is 0.0556. The first-order valence-corrected chi connectivity index (χ1v) is 4.53. The van der Waals surface area contributed by atoms with Crippen LogP contribution in [0.4, 0.5) is 5.69 Å². The molecule has 0 unspecified atom stereocenters. The minimum Gasteiger partial charge on any atom is -0.320 e. The number of carbonyl (C=O) groups is 1. The fourth-order valence-electron chi connectivity index (χ4n) is 0.679. The number of nitrogens with one attached hydrogen (secondary N) is 1. The molecule has 0 spiro atoms. The van der Waals surface area contributed by atoms with Gasteiger partial charge in [0.25, 0.3) is 5.91 Å². The van der Waals surface area contributed by atoms with Crippen molar-refractivity contribution in [2.75, 3.05) is 5.32 Å². The molecule has 0 aliphatic carbocycles. The van der Waals surface area contributed by atoms with E-state index in [2.05, 4.69) is 32.8 Å². The normalized spacial score (nSPS) is 9.38. The number of amides is 1. The molecule has 0 saturated heterocycles. The lowest BCUT2D eigenvalue weighted by Crippen LogP contribution is -2.10. The quantitative estimate of drug-likeness (QED) is 0.831. The maximum Gasteiger partial charge on any atom is 0.266 e. The maximum atomic E-state index is 11.0. The number of pyridine rings is 1. The third-order valence-corrected chi connectivity index (χ3v) is 1.81. The molecule has 0 aromatic carbocycles. The molecule has 0 aliphatic rings. The zero-order valence-corrected chi connectivity index (χ0v) is 8.89. The van der Waals surface area contributed by atoms with Gasteiger partial charge in [0, 0.05) is 10.7 Å². The van der Waals surface area contributed by atoms with E-state index >= 15 is 0 Å². The molecule has 1 rings (SSSR count). The first-order valence-electron chi connectivity index (χ1n) is 3.36. The zero-order valence-electron chi connectivity index (χ0n) is 6.55. The Labute approximate surface area is 88.9 Å². The molecule has 0 aliphatic heterocycles. The number of hydrogen-bond donors (Lipinski definition) is 1. The van der Waals surface area contributed by atoms with Gasteiger partial charge in [0.15, 0.2) is 0 Å². The average Bonchev–Trinajstić information content (AvgIpc) is 2.04. The van der Waals surface area contributed by atoms with Crippen molar-refractivity contribution in [1.82, 2.24) is 4.98 Å². The van der Waals surface area contributed by atoms with Crippen LogP contribution in [0.25, 0.3) is 0 Å². The SMILES string of the molecule is C=C(Cl)C(=O)Nc1cncc(Br)c1. The fourth-order valence-corrected chi connectivity index (χ4v) is 1.09. The molecule has 0 fully saturated rings. The molecule has 1 amide bonds. The Kier molecular flexibility index (Phi) is 3.45. The number of aromatic nitrogens is 1. The summed E-state index contributed by atoms with van der Waals surface area (Å²) < 4.78 is 0.783. The number of hydrogen-bond acceptors (Lipinski definition) is 2. The molecule has 0 bridgehead atoms. The molecular formula is C8H6BrClN2O. The van der Waals surface area contributed by atoms with Crippen LogP contribution in [0.15, 0.2) is 34.5 Å². The predicted octanol–water partition coefficient (Wildman–Crippen LogP) is 2.54. The number of halogens is 2. The highest BCUT2D eigenvalue weighted by atomic mass is 79.9. The molecule has 0 saturated carbocycles. The first-order chi connectivity index (χ1) is 6.09. The fraction of sp³-hybridized carbons (Fsp3) is 0. The number of nitrogens with zero attached hydrogens (tertiary/aromatic N) is 1. The van der Waals surface area contributed by atoms with Gasteiger partial charge in [0.05, 0.1) is 16.9 Å². The van der Waals surface area contributed by atoms with Gasteiger partial charge in [-0.1, -0.05) is 18.2 Å². The van der Waals surface area contributed by atoms with Crippen molar-refractivity contribution in [2.24, 2.45) is 0 Å². The lowest BCUT2D eigenvalue weighted by molar-refractivity contribution is -0.112. The first kappa shape index (κ1) is 10.2. The second kappa shape index (κ2) is 4.39. The Morgan fingerprint density at radius 3 is 2.85 bits per heavy atom. The monoisotopic (exact) mass is 260 g/mol. The molecule has 1 N–H and O–H groups in total. The van der Waals surface area contributed by atoms with E-state index in [4.69, 9.17) is 11.6 Å². The van der Waals surface area contributed by atoms with Crippen LogP contribution in [0.1, 0.15) is 0 Å². The van der Waals surface area contributed by atoms with E-state index in [1.54, 1.807) is 12.3 Å². The summed E-state index contributed by atoms with van der Waals surface area (Å²) in [6.07, 6.45) is 3.13. The van der Waals surface area contributed by atoms with Gasteiger partial charge in [0.1, 0.15) is 0 Å². The van der Waals surface area contributed by atoms with Crippen LogP contribution in [-0.2, 0) is 4.79 Å². The summed E-state index contributed by atoms with van der Waals surface area (Å²) in [5, 5.41) is 2.46. The highest BCUT2D eigenvalue weighted by Gasteiger charge is 2.04. The summed E-state index contributed by atoms with van der Waals surface area (Å²) in [6, 6.07) is 1.71. The molecule has 0 atom stereocenters. The van der Waals surface area contributed by atoms with Crippen molar-refractivity contribution < 1.29 is 4.79 Å². The molecule has 5 heteroatoms. The Morgan fingerprint density at radius 1 is 1.62 bits per heavy atom. The van der Waals surface area contributed by atoms with Crippen LogP contribution in [-0.4, -0.2) is 10.9 Å². The van der Waals surface area contributed by atoms with Crippen molar-refractivity contribution in [3.05, 3.63) is 34.5 Å². The van der Waals surface area contributed by atoms with Gasteiger partial charge < -0.3 is 5.32 Å². The summed E-state index contributed by atoms with van der Waals surface area (Å²) in [5.41, 5.74) is 0.571. The van der Waals surface area contributed by atoms with E-state index in [-0.39, 0.29) is 5.03 Å². The third kappa shape index (κ3) is 3.16. The van der Waals surface area contributed by atoms with Gasteiger partial charge in [-0.15, -0.1) is 0 Å². The number of rotatable bonds is 2. The van der Waals surface area contributed by atoms with E-state index < -0.39 is 5.91 Å². The summed E-state index contributed by atoms with van der Waals surface area (Å²) in [7, 11) is 0. The molecular weight excluding hydrogens is 255 g/mol. The van der Waals surface area contributed by atoms with Crippen LogP contribution in [0.3, 0.4) is 0 Å². The molecule has 13 heavy (non-hydrogen) atoms. The Morgan fingerprint density at radius 2 is 2.31 bits per heavy atom. The van der Waals surface area contributed by atoms with Crippen molar-refractivity contribution in [3.63, 3.8) is 0 Å². The highest BCUT2D eigenvalue weighted by Crippen LogP contribution is 2.14. The zero-order chi connectivity index (χ0) is 9.84. The summed E-state index contributed by atoms with van der Waals surface area (Å²) in [4.78, 5) is 14.9. The average molecular weight is 262 g/mol. The smallest absolute Gasteiger partial charge is 0.266 e. The summed E-state index contributed by atoms with van der Waals surface area (Å²) >= 11 is 8.60. The number of anilines is 1. The van der Waals surface area contributed by atoms with Crippen molar-refractivity contribution in [1.29, 1.82) is 0 Å². The molecule has 68 valence electrons. The van der Waals surface area contributed by atoms with E-state index in [0.717, 1.165) is 4.47 Å². The Bertz CT molecular complexity index is 354. The Balaban J connectivity index is 2.75. The second-order valence-electron chi connectivity index (χ2n) is 2.25. The van der Waals surface area contributed by atoms with Crippen LogP contribution in [0.2, 0.25) is 0 Å². The maximum absolute atomic E-state index is 11.0. The molecule has 1 aromatic rings. The predicted molar refractivity (Wildman–Crippen MR) is 55.6 cm³/mol. The Hall–Kier alpha value is -0.870. The minimum atomic E-state index is -0.429. The standard InChI is InChI=1S/C8H6BrClN2O/c1-5(10)8(13)12-7-2-6(9)3-11-4-7/h2-4H,1H2,(H,12,13). The van der Waals surface area contributed by atoms with Crippen LogP contribution in [0.5, 0.6) is 0 Å². The van der Waals surface area contributed by atoms with Gasteiger partial charge in [0.2, 0.25) is 0 Å². The largest absolute Gasteiger partial charge is 0.320 e. The summed E-state index contributed by atoms with van der Waals surface area (Å²) in [5.74, 6) is -0.429. The van der Waals surface area contributed by atoms with Gasteiger partial charge in [-0.25, -0.2) is 0 Å². The van der Waals surface area contributed by atoms with E-state index in [1.807, 2.05) is 0 Å². The molecule has 0 radical (unpaired) electrons. The molecule has 3 nitrogen and oxygen atoms in total. The number of carbonyl (C=O) groups excluding carboxylic acids is 1. The lowest BCUT2D eigenvalue weighted by atomic mass is 10.4. The van der Waals surface area contributed by atoms with E-state index in [1.165, 1.54) is 6.20 Å². The van der Waals surface area contributed by atoms with Gasteiger partial charge >= 0.3 is 0 Å². The van der Waals surface area contributed by atoms with E-state index in [9.17, 15) is 4.79 Å². The highest BCUT2D eigenvalue weighted by molar-refractivity contribution is 9.10. The third-order valence-electron chi connectivity index (χ3n) is 1.21. The molecule has 1 aromatic heterocycles. The molecule has 1 heterocycles. The van der Waals surface area contributed by atoms with Crippen LogP contribution in [0, 0.1) is 0 Å². The van der Waals surface area contributed by atoms with Crippen molar-refractivity contribution >= 4 is 39.1 Å². The summed E-state index contributed by atoms with van der Waals surface area (Å²) in [6.45, 7) is 3.29. The van der Waals surface area contributed by atoms with Gasteiger partial charge in [-0.05, 0) is 22.0 Å². The second-order valence-corrected chi connectivity index (χ2v) is 3.62. The lowest BCUT2D eigenvalue weighted by Gasteiger charge is -2.02. The van der Waals surface area contributed by atoms with Crippen molar-refractivity contribution in [3.8, 4) is 0 Å². The van der Waals surface area contributed by atoms with Crippen LogP contribution >= 0.6 is 27.5 Å². The van der Waals surface area contributed by atoms with Gasteiger partial charge in [-0.2, -0.15) is 0 Å². The van der Waals surface area contributed by atoms with Crippen molar-refractivity contribution in [2.45, 2.75) is 0 Å². The van der Waals surface area contributed by atoms with Crippen LogP contribution < -0.4 is 5.32 Å². The van der Waals surface area contributed by atoms with E-state index in [0.29, 0.717) is 5.69 Å². The topological polar surface area (TPSA) is 42.0 Å².